The fourth-order valence-electron chi connectivity index (χ4n) is 3.44. The molecule has 9 heteroatoms. The van der Waals surface area contributed by atoms with Gasteiger partial charge in [-0.15, -0.1) is 10.2 Å². The van der Waals surface area contributed by atoms with Crippen LogP contribution in [0.5, 0.6) is 5.75 Å². The number of aromatic nitrogens is 6. The number of amides is 1. The Morgan fingerprint density at radius 2 is 1.84 bits per heavy atom. The molecule has 0 radical (unpaired) electrons. The number of fused-ring (bicyclic) bond motifs is 1. The minimum atomic E-state index is -0.224. The smallest absolute Gasteiger partial charge is 0.258 e. The van der Waals surface area contributed by atoms with Gasteiger partial charge >= 0.3 is 0 Å². The average molecular weight is 419 g/mol. The van der Waals surface area contributed by atoms with Crippen LogP contribution in [0.25, 0.3) is 22.4 Å². The number of tetrazole rings is 1. The summed E-state index contributed by atoms with van der Waals surface area (Å²) in [5, 5.41) is 15.0. The zero-order chi connectivity index (χ0) is 22.0. The number of carbonyl (C=O) groups is 1. The van der Waals surface area contributed by atoms with Gasteiger partial charge in [-0.1, -0.05) is 26.0 Å². The van der Waals surface area contributed by atoms with Crippen LogP contribution in [0.15, 0.2) is 48.5 Å². The SMILES string of the molecule is CC(C)[C@@H](NC(=O)COc1ccc(-c2nnn(C)n2)cc1)c1nc2ccccc2n1C. The summed E-state index contributed by atoms with van der Waals surface area (Å²) in [6.45, 7) is 4.03. The van der Waals surface area contributed by atoms with Crippen LogP contribution in [0.2, 0.25) is 0 Å². The van der Waals surface area contributed by atoms with Crippen LogP contribution < -0.4 is 10.1 Å². The van der Waals surface area contributed by atoms with Crippen molar-refractivity contribution in [3.63, 3.8) is 0 Å². The van der Waals surface area contributed by atoms with E-state index in [1.807, 2.05) is 48.0 Å². The molecule has 0 saturated carbocycles. The number of hydrogen-bond donors (Lipinski definition) is 1. The number of imidazole rings is 1. The van der Waals surface area contributed by atoms with E-state index in [1.165, 1.54) is 4.80 Å². The first-order chi connectivity index (χ1) is 14.9. The van der Waals surface area contributed by atoms with Crippen molar-refractivity contribution in [3.05, 3.63) is 54.4 Å². The van der Waals surface area contributed by atoms with Gasteiger partial charge in [0, 0.05) is 12.6 Å². The molecule has 1 N–H and O–H groups in total. The van der Waals surface area contributed by atoms with Crippen LogP contribution in [-0.2, 0) is 18.9 Å². The molecule has 0 spiro atoms. The molecule has 1 amide bonds. The van der Waals surface area contributed by atoms with Crippen LogP contribution in [0, 0.1) is 5.92 Å². The van der Waals surface area contributed by atoms with Crippen molar-refractivity contribution in [2.24, 2.45) is 20.0 Å². The zero-order valence-electron chi connectivity index (χ0n) is 18.0. The highest BCUT2D eigenvalue weighted by molar-refractivity contribution is 5.79. The van der Waals surface area contributed by atoms with Gasteiger partial charge < -0.3 is 14.6 Å². The fourth-order valence-corrected chi connectivity index (χ4v) is 3.44. The lowest BCUT2D eigenvalue weighted by Gasteiger charge is -2.22. The number of para-hydroxylation sites is 2. The number of aryl methyl sites for hydroxylation is 2. The second-order valence-corrected chi connectivity index (χ2v) is 7.72. The minimum Gasteiger partial charge on any atom is -0.484 e. The Labute approximate surface area is 180 Å². The van der Waals surface area contributed by atoms with Gasteiger partial charge in [-0.05, 0) is 47.5 Å². The predicted octanol–water partition coefficient (Wildman–Crippen LogP) is 2.66. The molecule has 0 fully saturated rings. The standard InChI is InChI=1S/C22H25N7O2/c1-14(2)20(22-23-17-7-5-6-8-18(17)28(22)3)24-19(30)13-31-16-11-9-15(10-12-16)21-25-27-29(4)26-21/h5-12,14,20H,13H2,1-4H3,(H,24,30)/t20-/m1/s1. The van der Waals surface area contributed by atoms with Gasteiger partial charge in [-0.25, -0.2) is 4.98 Å². The first-order valence-electron chi connectivity index (χ1n) is 10.1. The normalized spacial score (nSPS) is 12.3. The molecule has 0 unspecified atom stereocenters. The number of rotatable bonds is 7. The summed E-state index contributed by atoms with van der Waals surface area (Å²) >= 11 is 0. The van der Waals surface area contributed by atoms with E-state index >= 15 is 0 Å². The lowest BCUT2D eigenvalue weighted by Crippen LogP contribution is -2.36. The molecule has 2 heterocycles. The number of benzene rings is 2. The summed E-state index contributed by atoms with van der Waals surface area (Å²) in [7, 11) is 3.68. The van der Waals surface area contributed by atoms with Gasteiger partial charge in [0.2, 0.25) is 5.82 Å². The maximum atomic E-state index is 12.6. The van der Waals surface area contributed by atoms with Gasteiger partial charge in [0.05, 0.1) is 24.1 Å². The third-order valence-electron chi connectivity index (χ3n) is 5.07. The largest absolute Gasteiger partial charge is 0.484 e. The van der Waals surface area contributed by atoms with Crippen molar-refractivity contribution < 1.29 is 9.53 Å². The Morgan fingerprint density at radius 3 is 2.48 bits per heavy atom. The monoisotopic (exact) mass is 419 g/mol. The van der Waals surface area contributed by atoms with Crippen LogP contribution in [0.4, 0.5) is 0 Å². The molecule has 0 aliphatic heterocycles. The summed E-state index contributed by atoms with van der Waals surface area (Å²) < 4.78 is 7.70. The van der Waals surface area contributed by atoms with Crippen LogP contribution >= 0.6 is 0 Å². The molecule has 2 aromatic heterocycles. The first-order valence-corrected chi connectivity index (χ1v) is 10.1. The van der Waals surface area contributed by atoms with E-state index < -0.39 is 0 Å². The van der Waals surface area contributed by atoms with Gasteiger partial charge in [-0.3, -0.25) is 4.79 Å². The number of nitrogens with one attached hydrogen (secondary N) is 1. The summed E-state index contributed by atoms with van der Waals surface area (Å²) in [5.41, 5.74) is 2.77. The molecule has 9 nitrogen and oxygen atoms in total. The topological polar surface area (TPSA) is 99.8 Å². The van der Waals surface area contributed by atoms with Crippen molar-refractivity contribution in [3.8, 4) is 17.1 Å². The van der Waals surface area contributed by atoms with Crippen LogP contribution in [0.1, 0.15) is 25.7 Å². The van der Waals surface area contributed by atoms with Crippen molar-refractivity contribution in [1.82, 2.24) is 35.1 Å². The van der Waals surface area contributed by atoms with E-state index in [1.54, 1.807) is 19.2 Å². The van der Waals surface area contributed by atoms with E-state index in [-0.39, 0.29) is 24.5 Å². The Kier molecular flexibility index (Phi) is 5.66. The van der Waals surface area contributed by atoms with Crippen molar-refractivity contribution >= 4 is 16.9 Å². The Hall–Kier alpha value is -3.75. The third-order valence-corrected chi connectivity index (χ3v) is 5.07. The first kappa shape index (κ1) is 20.5. The van der Waals surface area contributed by atoms with Gasteiger partial charge in [0.15, 0.2) is 6.61 Å². The number of carbonyl (C=O) groups excluding carboxylic acids is 1. The second-order valence-electron chi connectivity index (χ2n) is 7.72. The summed E-state index contributed by atoms with van der Waals surface area (Å²) in [4.78, 5) is 18.8. The van der Waals surface area contributed by atoms with E-state index in [9.17, 15) is 4.79 Å². The van der Waals surface area contributed by atoms with Crippen LogP contribution in [0.3, 0.4) is 0 Å². The zero-order valence-corrected chi connectivity index (χ0v) is 18.0. The van der Waals surface area contributed by atoms with E-state index in [2.05, 4.69) is 34.6 Å². The molecular weight excluding hydrogens is 394 g/mol. The van der Waals surface area contributed by atoms with Crippen molar-refractivity contribution in [2.45, 2.75) is 19.9 Å². The molecule has 0 saturated heterocycles. The average Bonchev–Trinajstić information content (AvgIpc) is 3.34. The highest BCUT2D eigenvalue weighted by Gasteiger charge is 2.24. The maximum absolute atomic E-state index is 12.6. The maximum Gasteiger partial charge on any atom is 0.258 e. The Morgan fingerprint density at radius 1 is 1.10 bits per heavy atom. The molecule has 4 rings (SSSR count). The van der Waals surface area contributed by atoms with E-state index in [0.29, 0.717) is 11.6 Å². The highest BCUT2D eigenvalue weighted by Crippen LogP contribution is 2.25. The highest BCUT2D eigenvalue weighted by atomic mass is 16.5. The lowest BCUT2D eigenvalue weighted by molar-refractivity contribution is -0.124. The molecule has 0 bridgehead atoms. The lowest BCUT2D eigenvalue weighted by atomic mass is 10.0. The summed E-state index contributed by atoms with van der Waals surface area (Å²) in [5.74, 6) is 1.91. The van der Waals surface area contributed by atoms with Crippen LogP contribution in [-0.4, -0.2) is 42.3 Å². The van der Waals surface area contributed by atoms with E-state index in [4.69, 9.17) is 9.72 Å². The number of ether oxygens (including phenoxy) is 1. The summed E-state index contributed by atoms with van der Waals surface area (Å²) in [6, 6.07) is 14.9. The minimum absolute atomic E-state index is 0.0874. The molecule has 160 valence electrons. The molecule has 1 atom stereocenters. The van der Waals surface area contributed by atoms with Gasteiger partial charge in [0.1, 0.15) is 11.6 Å². The van der Waals surface area contributed by atoms with Crippen molar-refractivity contribution in [1.29, 1.82) is 0 Å². The summed E-state index contributed by atoms with van der Waals surface area (Å²) in [6.07, 6.45) is 0. The Bertz CT molecular complexity index is 1190. The molecule has 0 aliphatic carbocycles. The molecule has 2 aromatic carbocycles. The van der Waals surface area contributed by atoms with Gasteiger partial charge in [-0.2, -0.15) is 4.80 Å². The second kappa shape index (κ2) is 8.55. The predicted molar refractivity (Wildman–Crippen MR) is 116 cm³/mol. The van der Waals surface area contributed by atoms with Crippen molar-refractivity contribution in [2.75, 3.05) is 6.61 Å². The Balaban J connectivity index is 1.41. The molecule has 31 heavy (non-hydrogen) atoms. The quantitative estimate of drug-likeness (QED) is 0.494. The van der Waals surface area contributed by atoms with Gasteiger partial charge in [0.25, 0.3) is 5.91 Å². The van der Waals surface area contributed by atoms with E-state index in [0.717, 1.165) is 22.4 Å². The fraction of sp³-hybridized carbons (Fsp3) is 0.318. The molecule has 0 aliphatic rings. The number of nitrogens with zero attached hydrogens (tertiary/aromatic N) is 6. The number of hydrogen-bond acceptors (Lipinski definition) is 6. The molecule has 4 aromatic rings. The third kappa shape index (κ3) is 4.40. The molecular formula is C22H25N7O2.